The molecule has 4 rings (SSSR count). The second kappa shape index (κ2) is 12.8. The number of piperazine rings is 1. The van der Waals surface area contributed by atoms with E-state index in [1.54, 1.807) is 17.0 Å². The Hall–Kier alpha value is -4.44. The lowest BCUT2D eigenvalue weighted by molar-refractivity contribution is -0.139. The lowest BCUT2D eigenvalue weighted by atomic mass is 9.96. The lowest BCUT2D eigenvalue weighted by Crippen LogP contribution is -2.58. The van der Waals surface area contributed by atoms with Crippen LogP contribution in [0.3, 0.4) is 0 Å². The largest absolute Gasteiger partial charge is 0.504 e. The highest BCUT2D eigenvalue weighted by molar-refractivity contribution is 5.93. The van der Waals surface area contributed by atoms with Crippen LogP contribution in [0.25, 0.3) is 11.1 Å². The van der Waals surface area contributed by atoms with Gasteiger partial charge in [-0.05, 0) is 61.4 Å². The van der Waals surface area contributed by atoms with Crippen LogP contribution in [-0.4, -0.2) is 79.4 Å². The molecule has 0 aliphatic carbocycles. The fourth-order valence-corrected chi connectivity index (χ4v) is 5.05. The average molecular weight is 565 g/mol. The topological polar surface area (TPSA) is 106 Å². The van der Waals surface area contributed by atoms with Gasteiger partial charge in [-0.25, -0.2) is 4.39 Å². The molecule has 1 amide bonds. The molecule has 0 spiro atoms. The van der Waals surface area contributed by atoms with Crippen LogP contribution in [0.5, 0.6) is 23.0 Å². The van der Waals surface area contributed by atoms with Gasteiger partial charge in [0.05, 0.1) is 14.2 Å². The van der Waals surface area contributed by atoms with E-state index < -0.39 is 0 Å². The van der Waals surface area contributed by atoms with Gasteiger partial charge in [0.25, 0.3) is 5.91 Å². The van der Waals surface area contributed by atoms with Crippen molar-refractivity contribution in [3.05, 3.63) is 71.0 Å². The van der Waals surface area contributed by atoms with Crippen molar-refractivity contribution in [2.75, 3.05) is 33.9 Å². The molecule has 0 radical (unpaired) electrons. The summed E-state index contributed by atoms with van der Waals surface area (Å²) in [6.07, 6.45) is 1.20. The normalized spacial score (nSPS) is 17.1. The Bertz CT molecular complexity index is 1430. The fourth-order valence-electron chi connectivity index (χ4n) is 5.05. The maximum absolute atomic E-state index is 13.3. The molecular weight excluding hydrogens is 531 g/mol. The van der Waals surface area contributed by atoms with Gasteiger partial charge in [0.1, 0.15) is 12.1 Å². The van der Waals surface area contributed by atoms with Crippen LogP contribution in [0, 0.1) is 5.82 Å². The quantitative estimate of drug-likeness (QED) is 0.363. The van der Waals surface area contributed by atoms with Crippen LogP contribution in [0.1, 0.15) is 40.1 Å². The molecule has 1 fully saturated rings. The minimum absolute atomic E-state index is 0.0660. The van der Waals surface area contributed by atoms with Crippen molar-refractivity contribution in [1.29, 1.82) is 0 Å². The standard InChI is InChI=1S/C31H33FN2O7/c1-19-14-34(20(2)13-33(19)15-21-5-7-24(32)8-6-21)30(37)18-41-28-12-25(23(17-36)11-27(28)39-3)26-9-22(16-35)10-29(40-4)31(26)38/h5-12,16-17,19-20,38H,13-15,18H2,1-4H3. The first-order chi connectivity index (χ1) is 19.7. The van der Waals surface area contributed by atoms with Crippen molar-refractivity contribution in [2.24, 2.45) is 0 Å². The van der Waals surface area contributed by atoms with Gasteiger partial charge in [-0.3, -0.25) is 19.3 Å². The number of carbonyl (C=O) groups is 3. The van der Waals surface area contributed by atoms with Gasteiger partial charge in [-0.15, -0.1) is 0 Å². The minimum atomic E-state index is -0.283. The summed E-state index contributed by atoms with van der Waals surface area (Å²) in [5, 5.41) is 10.8. The Morgan fingerprint density at radius 1 is 0.927 bits per heavy atom. The van der Waals surface area contributed by atoms with Crippen molar-refractivity contribution in [1.82, 2.24) is 9.80 Å². The number of halogens is 1. The Kier molecular flexibility index (Phi) is 9.24. The van der Waals surface area contributed by atoms with Gasteiger partial charge in [0.15, 0.2) is 35.9 Å². The van der Waals surface area contributed by atoms with Gasteiger partial charge in [-0.1, -0.05) is 12.1 Å². The highest BCUT2D eigenvalue weighted by atomic mass is 19.1. The number of phenolic OH excluding ortho intramolecular Hbond substituents is 1. The summed E-state index contributed by atoms with van der Waals surface area (Å²) in [5.41, 5.74) is 1.88. The summed E-state index contributed by atoms with van der Waals surface area (Å²) in [6, 6.07) is 12.1. The van der Waals surface area contributed by atoms with Crippen LogP contribution in [0.15, 0.2) is 48.5 Å². The first kappa shape index (κ1) is 29.5. The number of aromatic hydroxyl groups is 1. The Balaban J connectivity index is 1.52. The number of amides is 1. The molecule has 1 saturated heterocycles. The third-order valence-corrected chi connectivity index (χ3v) is 7.29. The van der Waals surface area contributed by atoms with E-state index in [1.807, 2.05) is 13.8 Å². The third kappa shape index (κ3) is 6.49. The maximum atomic E-state index is 13.3. The molecule has 1 heterocycles. The molecule has 3 aromatic carbocycles. The SMILES string of the molecule is COc1cc(C=O)c(-c2cc(C=O)cc(OC)c2O)cc1OCC(=O)N1CC(C)N(Cc2ccc(F)cc2)CC1C. The van der Waals surface area contributed by atoms with E-state index in [2.05, 4.69) is 4.90 Å². The molecule has 1 aliphatic heterocycles. The van der Waals surface area contributed by atoms with E-state index >= 15 is 0 Å². The highest BCUT2D eigenvalue weighted by Gasteiger charge is 2.32. The number of hydrogen-bond acceptors (Lipinski definition) is 8. The predicted octanol–water partition coefficient (Wildman–Crippen LogP) is 4.34. The van der Waals surface area contributed by atoms with Gasteiger partial charge in [0, 0.05) is 48.4 Å². The number of nitrogens with zero attached hydrogens (tertiary/aromatic N) is 2. The summed E-state index contributed by atoms with van der Waals surface area (Å²) in [7, 11) is 2.77. The van der Waals surface area contributed by atoms with Crippen LogP contribution in [-0.2, 0) is 11.3 Å². The van der Waals surface area contributed by atoms with Crippen molar-refractivity contribution >= 4 is 18.5 Å². The summed E-state index contributed by atoms with van der Waals surface area (Å²) in [6.45, 7) is 5.50. The van der Waals surface area contributed by atoms with Crippen LogP contribution < -0.4 is 14.2 Å². The van der Waals surface area contributed by atoms with E-state index in [0.29, 0.717) is 32.2 Å². The number of hydrogen-bond donors (Lipinski definition) is 1. The number of benzene rings is 3. The zero-order chi connectivity index (χ0) is 29.7. The van der Waals surface area contributed by atoms with Crippen molar-refractivity contribution in [3.63, 3.8) is 0 Å². The minimum Gasteiger partial charge on any atom is -0.504 e. The lowest BCUT2D eigenvalue weighted by Gasteiger charge is -2.44. The second-order valence-electron chi connectivity index (χ2n) is 10.0. The zero-order valence-corrected chi connectivity index (χ0v) is 23.4. The zero-order valence-electron chi connectivity index (χ0n) is 23.4. The molecule has 9 nitrogen and oxygen atoms in total. The highest BCUT2D eigenvalue weighted by Crippen LogP contribution is 2.42. The summed E-state index contributed by atoms with van der Waals surface area (Å²) < 4.78 is 29.8. The van der Waals surface area contributed by atoms with Crippen LogP contribution in [0.4, 0.5) is 4.39 Å². The number of methoxy groups -OCH3 is 2. The molecule has 2 unspecified atom stereocenters. The molecule has 0 aromatic heterocycles. The Morgan fingerprint density at radius 3 is 2.27 bits per heavy atom. The van der Waals surface area contributed by atoms with Gasteiger partial charge < -0.3 is 24.2 Å². The molecule has 10 heteroatoms. The van der Waals surface area contributed by atoms with Gasteiger partial charge in [-0.2, -0.15) is 0 Å². The first-order valence-electron chi connectivity index (χ1n) is 13.1. The molecule has 2 atom stereocenters. The molecule has 41 heavy (non-hydrogen) atoms. The first-order valence-corrected chi connectivity index (χ1v) is 13.1. The van der Waals surface area contributed by atoms with Crippen LogP contribution >= 0.6 is 0 Å². The molecular formula is C31H33FN2O7. The summed E-state index contributed by atoms with van der Waals surface area (Å²) in [4.78, 5) is 40.7. The number of phenols is 1. The molecule has 0 bridgehead atoms. The van der Waals surface area contributed by atoms with E-state index in [1.165, 1.54) is 50.6 Å². The number of rotatable bonds is 10. The van der Waals surface area contributed by atoms with Gasteiger partial charge >= 0.3 is 0 Å². The number of ether oxygens (including phenoxy) is 3. The molecule has 216 valence electrons. The van der Waals surface area contributed by atoms with Crippen molar-refractivity contribution < 1.29 is 38.1 Å². The maximum Gasteiger partial charge on any atom is 0.260 e. The monoisotopic (exact) mass is 564 g/mol. The number of carbonyl (C=O) groups excluding carboxylic acids is 3. The molecule has 0 saturated carbocycles. The van der Waals surface area contributed by atoms with E-state index in [4.69, 9.17) is 14.2 Å². The molecule has 3 aromatic rings. The van der Waals surface area contributed by atoms with E-state index in [0.717, 1.165) is 5.56 Å². The van der Waals surface area contributed by atoms with E-state index in [-0.39, 0.29) is 75.7 Å². The van der Waals surface area contributed by atoms with Gasteiger partial charge in [0.2, 0.25) is 0 Å². The fraction of sp³-hybridized carbons (Fsp3) is 0.323. The smallest absolute Gasteiger partial charge is 0.260 e. The van der Waals surface area contributed by atoms with Crippen molar-refractivity contribution in [3.8, 4) is 34.1 Å². The number of aldehydes is 2. The third-order valence-electron chi connectivity index (χ3n) is 7.29. The van der Waals surface area contributed by atoms with E-state index in [9.17, 15) is 23.9 Å². The summed E-state index contributed by atoms with van der Waals surface area (Å²) >= 11 is 0. The summed E-state index contributed by atoms with van der Waals surface area (Å²) in [5.74, 6) is -0.270. The Labute approximate surface area is 238 Å². The molecule has 1 aliphatic rings. The molecule has 1 N–H and O–H groups in total. The second-order valence-corrected chi connectivity index (χ2v) is 10.0. The van der Waals surface area contributed by atoms with Crippen LogP contribution in [0.2, 0.25) is 0 Å². The average Bonchev–Trinajstić information content (AvgIpc) is 2.98. The van der Waals surface area contributed by atoms with Crippen molar-refractivity contribution in [2.45, 2.75) is 32.5 Å². The Morgan fingerprint density at radius 2 is 1.63 bits per heavy atom. The predicted molar refractivity (Wildman–Crippen MR) is 150 cm³/mol.